The van der Waals surface area contributed by atoms with Crippen molar-refractivity contribution in [2.75, 3.05) is 20.1 Å². The molecule has 1 rings (SSSR count). The predicted molar refractivity (Wildman–Crippen MR) is 71.9 cm³/mol. The fraction of sp³-hybridized carbons (Fsp3) is 0.929. The first kappa shape index (κ1) is 14.5. The SMILES string of the molecule is CNC(C)(C)C(=O)N1CCCC(C(C)C)CC1. The molecule has 3 heteroatoms. The Kier molecular flexibility index (Phi) is 4.99. The molecule has 1 unspecified atom stereocenters. The number of hydrogen-bond donors (Lipinski definition) is 1. The number of nitrogens with one attached hydrogen (secondary N) is 1. The summed E-state index contributed by atoms with van der Waals surface area (Å²) in [7, 11) is 1.85. The highest BCUT2D eigenvalue weighted by Gasteiger charge is 2.31. The second kappa shape index (κ2) is 5.85. The maximum atomic E-state index is 12.3. The Morgan fingerprint density at radius 2 is 1.94 bits per heavy atom. The van der Waals surface area contributed by atoms with Gasteiger partial charge in [0.05, 0.1) is 5.54 Å². The van der Waals surface area contributed by atoms with Gasteiger partial charge < -0.3 is 10.2 Å². The average molecular weight is 240 g/mol. The van der Waals surface area contributed by atoms with Crippen LogP contribution in [0, 0.1) is 11.8 Å². The summed E-state index contributed by atoms with van der Waals surface area (Å²) in [5.41, 5.74) is -0.433. The van der Waals surface area contributed by atoms with Crippen LogP contribution in [-0.2, 0) is 4.79 Å². The van der Waals surface area contributed by atoms with E-state index in [2.05, 4.69) is 19.2 Å². The van der Waals surface area contributed by atoms with Gasteiger partial charge in [0.1, 0.15) is 0 Å². The first-order valence-corrected chi connectivity index (χ1v) is 6.86. The van der Waals surface area contributed by atoms with E-state index < -0.39 is 5.54 Å². The zero-order valence-electron chi connectivity index (χ0n) is 12.0. The monoisotopic (exact) mass is 240 g/mol. The first-order chi connectivity index (χ1) is 7.88. The van der Waals surface area contributed by atoms with E-state index in [1.165, 1.54) is 6.42 Å². The summed E-state index contributed by atoms with van der Waals surface area (Å²) < 4.78 is 0. The lowest BCUT2D eigenvalue weighted by atomic mass is 9.89. The molecular weight excluding hydrogens is 212 g/mol. The smallest absolute Gasteiger partial charge is 0.242 e. The van der Waals surface area contributed by atoms with Gasteiger partial charge in [-0.2, -0.15) is 0 Å². The lowest BCUT2D eigenvalue weighted by Gasteiger charge is -2.31. The van der Waals surface area contributed by atoms with Gasteiger partial charge in [-0.25, -0.2) is 0 Å². The van der Waals surface area contributed by atoms with E-state index in [0.29, 0.717) is 0 Å². The van der Waals surface area contributed by atoms with E-state index in [0.717, 1.165) is 37.8 Å². The molecule has 0 aliphatic carbocycles. The van der Waals surface area contributed by atoms with Gasteiger partial charge in [0, 0.05) is 13.1 Å². The molecule has 1 saturated heterocycles. The number of carbonyl (C=O) groups excluding carboxylic acids is 1. The zero-order valence-corrected chi connectivity index (χ0v) is 12.0. The Morgan fingerprint density at radius 1 is 1.29 bits per heavy atom. The molecule has 0 aromatic rings. The largest absolute Gasteiger partial charge is 0.341 e. The zero-order chi connectivity index (χ0) is 13.1. The number of amides is 1. The number of nitrogens with zero attached hydrogens (tertiary/aromatic N) is 1. The molecular formula is C14H28N2O. The fourth-order valence-corrected chi connectivity index (χ4v) is 2.49. The minimum Gasteiger partial charge on any atom is -0.341 e. The van der Waals surface area contributed by atoms with Gasteiger partial charge in [-0.1, -0.05) is 13.8 Å². The quantitative estimate of drug-likeness (QED) is 0.821. The van der Waals surface area contributed by atoms with E-state index in [-0.39, 0.29) is 5.91 Å². The summed E-state index contributed by atoms with van der Waals surface area (Å²) in [5.74, 6) is 1.76. The normalized spacial score (nSPS) is 22.7. The molecule has 0 saturated carbocycles. The highest BCUT2D eigenvalue weighted by atomic mass is 16.2. The summed E-state index contributed by atoms with van der Waals surface area (Å²) in [4.78, 5) is 14.4. The van der Waals surface area contributed by atoms with Crippen LogP contribution in [0.4, 0.5) is 0 Å². The first-order valence-electron chi connectivity index (χ1n) is 6.86. The summed E-state index contributed by atoms with van der Waals surface area (Å²) in [6, 6.07) is 0. The van der Waals surface area contributed by atoms with Crippen LogP contribution in [-0.4, -0.2) is 36.5 Å². The molecule has 0 radical (unpaired) electrons. The van der Waals surface area contributed by atoms with Gasteiger partial charge in [0.2, 0.25) is 5.91 Å². The molecule has 1 N–H and O–H groups in total. The van der Waals surface area contributed by atoms with Crippen LogP contribution in [0.3, 0.4) is 0 Å². The number of likely N-dealkylation sites (tertiary alicyclic amines) is 1. The average Bonchev–Trinajstić information content (AvgIpc) is 2.53. The Bertz CT molecular complexity index is 261. The van der Waals surface area contributed by atoms with E-state index in [1.54, 1.807) is 0 Å². The number of carbonyl (C=O) groups is 1. The predicted octanol–water partition coefficient (Wildman–Crippen LogP) is 2.27. The molecule has 1 aliphatic rings. The molecule has 1 heterocycles. The van der Waals surface area contributed by atoms with Gasteiger partial charge in [0.25, 0.3) is 0 Å². The van der Waals surface area contributed by atoms with Crippen LogP contribution in [0.5, 0.6) is 0 Å². The lowest BCUT2D eigenvalue weighted by Crippen LogP contribution is -2.53. The Morgan fingerprint density at radius 3 is 2.47 bits per heavy atom. The Balaban J connectivity index is 2.60. The molecule has 1 atom stereocenters. The third-order valence-corrected chi connectivity index (χ3v) is 4.16. The van der Waals surface area contributed by atoms with Crippen LogP contribution in [0.1, 0.15) is 47.0 Å². The summed E-state index contributed by atoms with van der Waals surface area (Å²) >= 11 is 0. The van der Waals surface area contributed by atoms with Crippen molar-refractivity contribution in [2.45, 2.75) is 52.5 Å². The van der Waals surface area contributed by atoms with Crippen molar-refractivity contribution in [1.29, 1.82) is 0 Å². The van der Waals surface area contributed by atoms with Crippen LogP contribution >= 0.6 is 0 Å². The van der Waals surface area contributed by atoms with Crippen molar-refractivity contribution in [1.82, 2.24) is 10.2 Å². The van der Waals surface area contributed by atoms with Crippen LogP contribution in [0.25, 0.3) is 0 Å². The topological polar surface area (TPSA) is 32.3 Å². The Hall–Kier alpha value is -0.570. The van der Waals surface area contributed by atoms with Gasteiger partial charge in [-0.15, -0.1) is 0 Å². The third-order valence-electron chi connectivity index (χ3n) is 4.16. The van der Waals surface area contributed by atoms with Crippen LogP contribution in [0.15, 0.2) is 0 Å². The number of likely N-dealkylation sites (N-methyl/N-ethyl adjacent to an activating group) is 1. The van der Waals surface area contributed by atoms with E-state index in [9.17, 15) is 4.79 Å². The summed E-state index contributed by atoms with van der Waals surface area (Å²) in [5, 5.41) is 3.10. The van der Waals surface area contributed by atoms with Crippen molar-refractivity contribution in [3.05, 3.63) is 0 Å². The second-order valence-corrected chi connectivity index (χ2v) is 6.10. The molecule has 0 aromatic carbocycles. The van der Waals surface area contributed by atoms with Crippen molar-refractivity contribution in [3.8, 4) is 0 Å². The molecule has 0 aromatic heterocycles. The van der Waals surface area contributed by atoms with E-state index in [4.69, 9.17) is 0 Å². The number of hydrogen-bond acceptors (Lipinski definition) is 2. The molecule has 0 spiro atoms. The highest BCUT2D eigenvalue weighted by molar-refractivity contribution is 5.85. The maximum absolute atomic E-state index is 12.3. The van der Waals surface area contributed by atoms with Gasteiger partial charge >= 0.3 is 0 Å². The molecule has 1 amide bonds. The lowest BCUT2D eigenvalue weighted by molar-refractivity contribution is -0.136. The molecule has 17 heavy (non-hydrogen) atoms. The highest BCUT2D eigenvalue weighted by Crippen LogP contribution is 2.25. The van der Waals surface area contributed by atoms with E-state index in [1.807, 2.05) is 25.8 Å². The molecule has 3 nitrogen and oxygen atoms in total. The van der Waals surface area contributed by atoms with Crippen LogP contribution in [0.2, 0.25) is 0 Å². The van der Waals surface area contributed by atoms with Crippen molar-refractivity contribution < 1.29 is 4.79 Å². The van der Waals surface area contributed by atoms with Crippen molar-refractivity contribution in [3.63, 3.8) is 0 Å². The Labute approximate surface area is 106 Å². The molecule has 0 bridgehead atoms. The fourth-order valence-electron chi connectivity index (χ4n) is 2.49. The van der Waals surface area contributed by atoms with Crippen LogP contribution < -0.4 is 5.32 Å². The minimum atomic E-state index is -0.433. The summed E-state index contributed by atoms with van der Waals surface area (Å²) in [6.45, 7) is 10.3. The van der Waals surface area contributed by atoms with E-state index >= 15 is 0 Å². The molecule has 100 valence electrons. The van der Waals surface area contributed by atoms with Crippen molar-refractivity contribution in [2.24, 2.45) is 11.8 Å². The maximum Gasteiger partial charge on any atom is 0.242 e. The van der Waals surface area contributed by atoms with Gasteiger partial charge in [-0.3, -0.25) is 4.79 Å². The molecule has 1 fully saturated rings. The summed E-state index contributed by atoms with van der Waals surface area (Å²) in [6.07, 6.45) is 3.57. The third kappa shape index (κ3) is 3.70. The molecule has 1 aliphatic heterocycles. The minimum absolute atomic E-state index is 0.240. The number of rotatable bonds is 3. The van der Waals surface area contributed by atoms with Gasteiger partial charge in [0.15, 0.2) is 0 Å². The standard InChI is InChI=1S/C14H28N2O/c1-11(2)12-7-6-9-16(10-8-12)13(17)14(3,4)15-5/h11-12,15H,6-10H2,1-5H3. The van der Waals surface area contributed by atoms with Gasteiger partial charge in [-0.05, 0) is 52.0 Å². The van der Waals surface area contributed by atoms with Crippen molar-refractivity contribution >= 4 is 5.91 Å². The second-order valence-electron chi connectivity index (χ2n) is 6.10.